The Labute approximate surface area is 197 Å². The van der Waals surface area contributed by atoms with Crippen LogP contribution < -0.4 is 14.2 Å². The Kier molecular flexibility index (Phi) is 5.47. The van der Waals surface area contributed by atoms with E-state index in [4.69, 9.17) is 25.6 Å². The Hall–Kier alpha value is -3.15. The minimum atomic E-state index is -4.23. The van der Waals surface area contributed by atoms with E-state index in [1.165, 1.54) is 0 Å². The zero-order valence-electron chi connectivity index (χ0n) is 17.1. The number of pyridine rings is 1. The monoisotopic (exact) mass is 505 g/mol. The zero-order valence-corrected chi connectivity index (χ0v) is 19.5. The number of fused-ring (bicyclic) bond motifs is 2. The number of hydrogen-bond donors (Lipinski definition) is 1. The average molecular weight is 506 g/mol. The summed E-state index contributed by atoms with van der Waals surface area (Å²) in [6.45, 7) is 1.74. The molecule has 1 N–H and O–H groups in total. The van der Waals surface area contributed by atoms with Crippen molar-refractivity contribution in [3.05, 3.63) is 57.7 Å². The third-order valence-electron chi connectivity index (χ3n) is 5.04. The van der Waals surface area contributed by atoms with Crippen molar-refractivity contribution in [1.29, 1.82) is 0 Å². The van der Waals surface area contributed by atoms with Gasteiger partial charge in [-0.1, -0.05) is 22.8 Å². The lowest BCUT2D eigenvalue weighted by Gasteiger charge is -2.08. The van der Waals surface area contributed by atoms with Crippen molar-refractivity contribution in [2.24, 2.45) is 0 Å². The first-order valence-electron chi connectivity index (χ1n) is 9.77. The molecule has 0 atom stereocenters. The third kappa shape index (κ3) is 4.03. The highest BCUT2D eigenvalue weighted by Gasteiger charge is 2.30. The van der Waals surface area contributed by atoms with Gasteiger partial charge < -0.3 is 14.0 Å². The summed E-state index contributed by atoms with van der Waals surface area (Å²) in [6.07, 6.45) is 2.04. The van der Waals surface area contributed by atoms with Gasteiger partial charge in [0.15, 0.2) is 17.3 Å². The van der Waals surface area contributed by atoms with Crippen LogP contribution in [0.3, 0.4) is 0 Å². The minimum Gasteiger partial charge on any atom is -0.454 e. The molecule has 9 nitrogen and oxygen atoms in total. The molecule has 0 spiro atoms. The summed E-state index contributed by atoms with van der Waals surface area (Å²) >= 11 is 7.11. The number of benzene rings is 1. The summed E-state index contributed by atoms with van der Waals surface area (Å²) in [4.78, 5) is 17.8. The lowest BCUT2D eigenvalue weighted by atomic mass is 10.1. The lowest BCUT2D eigenvalue weighted by molar-refractivity contribution is 0.0984. The molecule has 0 fully saturated rings. The number of ketones is 1. The molecule has 170 valence electrons. The highest BCUT2D eigenvalue weighted by atomic mass is 35.5. The highest BCUT2D eigenvalue weighted by molar-refractivity contribution is 7.93. The van der Waals surface area contributed by atoms with E-state index in [9.17, 15) is 13.2 Å². The molecule has 1 aromatic carbocycles. The topological polar surface area (TPSA) is 121 Å². The van der Waals surface area contributed by atoms with Crippen LogP contribution >= 0.6 is 22.9 Å². The summed E-state index contributed by atoms with van der Waals surface area (Å²) in [6, 6.07) is 8.67. The molecule has 0 amide bonds. The number of aromatic nitrogens is 2. The number of carbonyl (C=O) groups is 1. The first-order valence-corrected chi connectivity index (χ1v) is 12.4. The van der Waals surface area contributed by atoms with E-state index in [2.05, 4.69) is 14.9 Å². The summed E-state index contributed by atoms with van der Waals surface area (Å²) in [5.74, 6) is 0.742. The van der Waals surface area contributed by atoms with Crippen molar-refractivity contribution in [3.8, 4) is 11.5 Å². The van der Waals surface area contributed by atoms with Crippen molar-refractivity contribution >= 4 is 54.8 Å². The van der Waals surface area contributed by atoms with Gasteiger partial charge >= 0.3 is 0 Å². The number of sulfonamides is 1. The number of nitrogens with zero attached hydrogens (tertiary/aromatic N) is 2. The standard InChI is InChI=1S/C21H16ClN3O6S2/c1-11-17(22)20(31-24-11)25-33(27,28)19-13-3-2-8-23-21(13)32-18(19)14(26)6-4-12-5-7-15-16(9-12)30-10-29-15/h2-3,5,7-9,25H,4,6,10H2,1H3. The Morgan fingerprint density at radius 3 is 2.85 bits per heavy atom. The third-order valence-corrected chi connectivity index (χ3v) is 8.18. The SMILES string of the molecule is Cc1noc(NS(=O)(=O)c2c(C(=O)CCc3ccc4c(c3)OCO4)sc3ncccc23)c1Cl. The maximum Gasteiger partial charge on any atom is 0.266 e. The van der Waals surface area contributed by atoms with Gasteiger partial charge in [0.05, 0.1) is 4.88 Å². The number of aryl methyl sites for hydroxylation is 2. The van der Waals surface area contributed by atoms with E-state index in [0.29, 0.717) is 33.8 Å². The van der Waals surface area contributed by atoms with E-state index in [1.807, 2.05) is 12.1 Å². The van der Waals surface area contributed by atoms with Crippen molar-refractivity contribution in [2.45, 2.75) is 24.7 Å². The Morgan fingerprint density at radius 1 is 1.24 bits per heavy atom. The second-order valence-corrected chi connectivity index (χ2v) is 10.2. The first-order chi connectivity index (χ1) is 15.8. The molecule has 0 aliphatic carbocycles. The molecule has 3 aromatic heterocycles. The van der Waals surface area contributed by atoms with E-state index >= 15 is 0 Å². The molecular weight excluding hydrogens is 490 g/mol. The van der Waals surface area contributed by atoms with Gasteiger partial charge in [-0.25, -0.2) is 18.1 Å². The molecule has 1 aliphatic rings. The number of carbonyl (C=O) groups excluding carboxylic acids is 1. The molecule has 4 aromatic rings. The van der Waals surface area contributed by atoms with Gasteiger partial charge in [-0.05, 0) is 43.2 Å². The van der Waals surface area contributed by atoms with Crippen molar-refractivity contribution < 1.29 is 27.2 Å². The van der Waals surface area contributed by atoms with Crippen LogP contribution in [-0.4, -0.2) is 31.1 Å². The molecule has 0 unspecified atom stereocenters. The van der Waals surface area contributed by atoms with Crippen LogP contribution in [-0.2, 0) is 16.4 Å². The fourth-order valence-corrected chi connectivity index (χ4v) is 6.42. The molecule has 4 heterocycles. The quantitative estimate of drug-likeness (QED) is 0.362. The van der Waals surface area contributed by atoms with Crippen LogP contribution in [0.4, 0.5) is 5.88 Å². The van der Waals surface area contributed by atoms with Crippen molar-refractivity contribution in [1.82, 2.24) is 10.1 Å². The van der Waals surface area contributed by atoms with Crippen LogP contribution in [0.1, 0.15) is 27.3 Å². The van der Waals surface area contributed by atoms with Gasteiger partial charge in [-0.2, -0.15) is 0 Å². The van der Waals surface area contributed by atoms with Crippen LogP contribution in [0.2, 0.25) is 5.02 Å². The number of thiophene rings is 1. The molecular formula is C21H16ClN3O6S2. The number of nitrogens with one attached hydrogen (secondary N) is 1. The number of hydrogen-bond acceptors (Lipinski definition) is 9. The Bertz CT molecular complexity index is 1500. The van der Waals surface area contributed by atoms with Gasteiger partial charge in [0.1, 0.15) is 20.4 Å². The number of anilines is 1. The number of ether oxygens (including phenoxy) is 2. The number of Topliss-reactive ketones (excluding diaryl/α,β-unsaturated/α-hetero) is 1. The largest absolute Gasteiger partial charge is 0.454 e. The maximum atomic E-state index is 13.3. The molecule has 0 bridgehead atoms. The minimum absolute atomic E-state index is 0.0481. The summed E-state index contributed by atoms with van der Waals surface area (Å²) in [5.41, 5.74) is 1.21. The predicted octanol–water partition coefficient (Wildman–Crippen LogP) is 4.59. The highest BCUT2D eigenvalue weighted by Crippen LogP contribution is 2.37. The van der Waals surface area contributed by atoms with Gasteiger partial charge in [-0.15, -0.1) is 11.3 Å². The molecule has 0 saturated carbocycles. The van der Waals surface area contributed by atoms with Crippen molar-refractivity contribution in [3.63, 3.8) is 0 Å². The lowest BCUT2D eigenvalue weighted by Crippen LogP contribution is -2.16. The van der Waals surface area contributed by atoms with Crippen LogP contribution in [0, 0.1) is 6.92 Å². The normalized spacial score (nSPS) is 12.9. The van der Waals surface area contributed by atoms with Crippen LogP contribution in [0.15, 0.2) is 45.9 Å². The second kappa shape index (κ2) is 8.32. The molecule has 5 rings (SSSR count). The molecule has 12 heteroatoms. The summed E-state index contributed by atoms with van der Waals surface area (Å²) in [7, 11) is -4.23. The number of rotatable bonds is 7. The summed E-state index contributed by atoms with van der Waals surface area (Å²) in [5, 5.41) is 4.05. The van der Waals surface area contributed by atoms with Gasteiger partial charge in [0.2, 0.25) is 6.79 Å². The molecule has 1 aliphatic heterocycles. The van der Waals surface area contributed by atoms with Crippen LogP contribution in [0.25, 0.3) is 10.2 Å². The van der Waals surface area contributed by atoms with E-state index in [-0.39, 0.29) is 39.7 Å². The second-order valence-electron chi connectivity index (χ2n) is 7.24. The average Bonchev–Trinajstić information content (AvgIpc) is 3.50. The summed E-state index contributed by atoms with van der Waals surface area (Å²) < 4.78 is 44.6. The Morgan fingerprint density at radius 2 is 2.06 bits per heavy atom. The zero-order chi connectivity index (χ0) is 23.2. The Balaban J connectivity index is 1.47. The van der Waals surface area contributed by atoms with Gasteiger partial charge in [-0.3, -0.25) is 4.79 Å². The van der Waals surface area contributed by atoms with Crippen molar-refractivity contribution in [2.75, 3.05) is 11.5 Å². The van der Waals surface area contributed by atoms with E-state index < -0.39 is 10.0 Å². The number of halogens is 1. The fourth-order valence-electron chi connectivity index (χ4n) is 3.42. The smallest absolute Gasteiger partial charge is 0.266 e. The maximum absolute atomic E-state index is 13.3. The van der Waals surface area contributed by atoms with Gasteiger partial charge in [0, 0.05) is 18.0 Å². The van der Waals surface area contributed by atoms with Gasteiger partial charge in [0.25, 0.3) is 15.9 Å². The predicted molar refractivity (Wildman–Crippen MR) is 122 cm³/mol. The van der Waals surface area contributed by atoms with E-state index in [1.54, 1.807) is 31.3 Å². The fraction of sp³-hybridized carbons (Fsp3) is 0.190. The van der Waals surface area contributed by atoms with Crippen LogP contribution in [0.5, 0.6) is 11.5 Å². The molecule has 0 radical (unpaired) electrons. The van der Waals surface area contributed by atoms with E-state index in [0.717, 1.165) is 16.9 Å². The molecule has 33 heavy (non-hydrogen) atoms. The molecule has 0 saturated heterocycles. The first kappa shape index (κ1) is 21.7.